The molecule has 1 unspecified atom stereocenters. The third kappa shape index (κ3) is 7.13. The fourth-order valence-electron chi connectivity index (χ4n) is 4.97. The van der Waals surface area contributed by atoms with Gasteiger partial charge in [-0.3, -0.25) is 14.4 Å². The zero-order chi connectivity index (χ0) is 25.3. The minimum atomic E-state index is -0.392. The molecule has 1 heterocycles. The Morgan fingerprint density at radius 2 is 1.58 bits per heavy atom. The number of piperidine rings is 1. The van der Waals surface area contributed by atoms with Crippen LogP contribution < -0.4 is 10.6 Å². The molecule has 0 aromatic heterocycles. The molecule has 1 aliphatic carbocycles. The maximum absolute atomic E-state index is 13.2. The van der Waals surface area contributed by atoms with Gasteiger partial charge >= 0.3 is 0 Å². The Labute approximate surface area is 211 Å². The van der Waals surface area contributed by atoms with Crippen LogP contribution in [0, 0.1) is 11.7 Å². The summed E-state index contributed by atoms with van der Waals surface area (Å²) >= 11 is 0. The third-order valence-electron chi connectivity index (χ3n) is 7.00. The lowest BCUT2D eigenvalue weighted by Crippen LogP contribution is -2.55. The lowest BCUT2D eigenvalue weighted by molar-refractivity contribution is -0.140. The van der Waals surface area contributed by atoms with E-state index in [0.717, 1.165) is 44.1 Å². The summed E-state index contributed by atoms with van der Waals surface area (Å²) in [6, 6.07) is 14.8. The fraction of sp³-hybridized carbons (Fsp3) is 0.464. The lowest BCUT2D eigenvalue weighted by Gasteiger charge is -2.36. The highest BCUT2D eigenvalue weighted by Crippen LogP contribution is 2.22. The zero-order valence-corrected chi connectivity index (χ0v) is 20.5. The molecule has 4 rings (SSSR count). The van der Waals surface area contributed by atoms with Gasteiger partial charge in [-0.2, -0.15) is 0 Å². The van der Waals surface area contributed by atoms with Crippen molar-refractivity contribution in [3.8, 4) is 0 Å². The lowest BCUT2D eigenvalue weighted by atomic mass is 9.88. The van der Waals surface area contributed by atoms with E-state index in [9.17, 15) is 18.8 Å². The van der Waals surface area contributed by atoms with E-state index in [1.54, 1.807) is 4.90 Å². The van der Waals surface area contributed by atoms with Gasteiger partial charge in [0, 0.05) is 30.7 Å². The molecule has 192 valence electrons. The number of benzene rings is 2. The van der Waals surface area contributed by atoms with Gasteiger partial charge in [0.05, 0.1) is 12.5 Å². The topological polar surface area (TPSA) is 87.7 Å². The first-order valence-electron chi connectivity index (χ1n) is 12.8. The molecule has 2 fully saturated rings. The molecule has 3 atom stereocenters. The van der Waals surface area contributed by atoms with Crippen molar-refractivity contribution in [1.29, 1.82) is 0 Å². The quantitative estimate of drug-likeness (QED) is 0.587. The number of ether oxygens (including phenoxy) is 1. The first kappa shape index (κ1) is 25.8. The average Bonchev–Trinajstić information content (AvgIpc) is 2.90. The van der Waals surface area contributed by atoms with Gasteiger partial charge < -0.3 is 20.3 Å². The Kier molecular flexibility index (Phi) is 9.06. The largest absolute Gasteiger partial charge is 0.367 e. The second-order valence-electron chi connectivity index (χ2n) is 9.64. The highest BCUT2D eigenvalue weighted by atomic mass is 19.1. The van der Waals surface area contributed by atoms with Gasteiger partial charge in [0.25, 0.3) is 5.91 Å². The standard InChI is InChI=1S/C28H34FN3O4/c29-23-14-12-21(13-15-23)27(34)30-24-10-4-5-11-25(24)31-28(35)22-9-6-16-32(17-22)26(33)19-36-18-20-7-2-1-3-8-20/h1-3,7-8,12-15,22,24-25H,4-6,9-11,16-19H2,(H,30,34)(H,31,35)/t22?,24-,25-/m1/s1. The number of nitrogens with zero attached hydrogens (tertiary/aromatic N) is 1. The summed E-state index contributed by atoms with van der Waals surface area (Å²) in [7, 11) is 0. The first-order valence-corrected chi connectivity index (χ1v) is 12.8. The second kappa shape index (κ2) is 12.6. The normalized spacial score (nSPS) is 22.0. The van der Waals surface area contributed by atoms with E-state index >= 15 is 0 Å². The van der Waals surface area contributed by atoms with Gasteiger partial charge in [-0.05, 0) is 55.5 Å². The minimum absolute atomic E-state index is 0.0106. The number of nitrogens with one attached hydrogen (secondary N) is 2. The summed E-state index contributed by atoms with van der Waals surface area (Å²) < 4.78 is 18.8. The van der Waals surface area contributed by atoms with Crippen LogP contribution in [0.2, 0.25) is 0 Å². The van der Waals surface area contributed by atoms with Crippen molar-refractivity contribution in [3.05, 3.63) is 71.5 Å². The zero-order valence-electron chi connectivity index (χ0n) is 20.5. The van der Waals surface area contributed by atoms with E-state index in [0.29, 0.717) is 25.3 Å². The molecular formula is C28H34FN3O4. The Morgan fingerprint density at radius 1 is 0.889 bits per heavy atom. The van der Waals surface area contributed by atoms with E-state index in [-0.39, 0.29) is 42.3 Å². The van der Waals surface area contributed by atoms with Gasteiger partial charge in [0.15, 0.2) is 0 Å². The minimum Gasteiger partial charge on any atom is -0.367 e. The Morgan fingerprint density at radius 3 is 2.31 bits per heavy atom. The Bertz CT molecular complexity index is 1030. The first-order chi connectivity index (χ1) is 17.5. The predicted octanol–water partition coefficient (Wildman–Crippen LogP) is 3.44. The number of carbonyl (C=O) groups is 3. The monoisotopic (exact) mass is 495 g/mol. The highest BCUT2D eigenvalue weighted by molar-refractivity contribution is 5.94. The molecule has 3 amide bonds. The van der Waals surface area contributed by atoms with Crippen LogP contribution in [0.3, 0.4) is 0 Å². The van der Waals surface area contributed by atoms with E-state index in [1.165, 1.54) is 24.3 Å². The van der Waals surface area contributed by atoms with Gasteiger partial charge in [-0.1, -0.05) is 43.2 Å². The van der Waals surface area contributed by atoms with Crippen LogP contribution in [0.4, 0.5) is 4.39 Å². The van der Waals surface area contributed by atoms with Gasteiger partial charge in [-0.25, -0.2) is 4.39 Å². The molecule has 2 aromatic rings. The molecule has 2 N–H and O–H groups in total. The summed E-state index contributed by atoms with van der Waals surface area (Å²) in [5, 5.41) is 6.17. The third-order valence-corrected chi connectivity index (χ3v) is 7.00. The highest BCUT2D eigenvalue weighted by Gasteiger charge is 2.33. The molecule has 36 heavy (non-hydrogen) atoms. The number of likely N-dealkylation sites (tertiary alicyclic amines) is 1. The SMILES string of the molecule is O=C(N[C@@H]1CCCC[C@H]1NC(=O)C1CCCN(C(=O)COCc2ccccc2)C1)c1ccc(F)cc1. The smallest absolute Gasteiger partial charge is 0.251 e. The predicted molar refractivity (Wildman–Crippen MR) is 133 cm³/mol. The summed E-state index contributed by atoms with van der Waals surface area (Å²) in [6.45, 7) is 1.36. The van der Waals surface area contributed by atoms with Gasteiger partial charge in [0.2, 0.25) is 11.8 Å². The summed E-state index contributed by atoms with van der Waals surface area (Å²) in [4.78, 5) is 40.2. The van der Waals surface area contributed by atoms with E-state index in [1.807, 2.05) is 30.3 Å². The molecule has 0 spiro atoms. The van der Waals surface area contributed by atoms with Crippen LogP contribution in [-0.4, -0.2) is 54.4 Å². The van der Waals surface area contributed by atoms with Gasteiger partial charge in [0.1, 0.15) is 12.4 Å². The van der Waals surface area contributed by atoms with Crippen LogP contribution in [0.1, 0.15) is 54.4 Å². The van der Waals surface area contributed by atoms with Crippen LogP contribution in [0.25, 0.3) is 0 Å². The molecule has 0 bridgehead atoms. The number of amides is 3. The number of hydrogen-bond donors (Lipinski definition) is 2. The fourth-order valence-corrected chi connectivity index (χ4v) is 4.97. The van der Waals surface area contributed by atoms with Crippen LogP contribution in [0.5, 0.6) is 0 Å². The molecular weight excluding hydrogens is 461 g/mol. The number of halogens is 1. The Hall–Kier alpha value is -3.26. The average molecular weight is 496 g/mol. The number of hydrogen-bond acceptors (Lipinski definition) is 4. The molecule has 1 saturated heterocycles. The summed E-state index contributed by atoms with van der Waals surface area (Å²) in [6.07, 6.45) is 4.98. The van der Waals surface area contributed by atoms with Crippen molar-refractivity contribution in [1.82, 2.24) is 15.5 Å². The van der Waals surface area contributed by atoms with Crippen molar-refractivity contribution in [2.45, 2.75) is 57.2 Å². The maximum Gasteiger partial charge on any atom is 0.251 e. The Balaban J connectivity index is 1.27. The molecule has 1 saturated carbocycles. The molecule has 1 aliphatic heterocycles. The van der Waals surface area contributed by atoms with E-state index in [4.69, 9.17) is 4.74 Å². The molecule has 0 radical (unpaired) electrons. The van der Waals surface area contributed by atoms with Crippen LogP contribution in [-0.2, 0) is 20.9 Å². The number of rotatable bonds is 8. The van der Waals surface area contributed by atoms with E-state index in [2.05, 4.69) is 10.6 Å². The molecule has 8 heteroatoms. The number of carbonyl (C=O) groups excluding carboxylic acids is 3. The summed E-state index contributed by atoms with van der Waals surface area (Å²) in [5.74, 6) is -1.13. The van der Waals surface area contributed by atoms with Gasteiger partial charge in [-0.15, -0.1) is 0 Å². The van der Waals surface area contributed by atoms with Crippen molar-refractivity contribution in [3.63, 3.8) is 0 Å². The van der Waals surface area contributed by atoms with Crippen molar-refractivity contribution < 1.29 is 23.5 Å². The van der Waals surface area contributed by atoms with Crippen LogP contribution in [0.15, 0.2) is 54.6 Å². The van der Waals surface area contributed by atoms with Crippen LogP contribution >= 0.6 is 0 Å². The summed E-state index contributed by atoms with van der Waals surface area (Å²) in [5.41, 5.74) is 1.40. The van der Waals surface area contributed by atoms with E-state index < -0.39 is 5.82 Å². The molecule has 2 aromatic carbocycles. The van der Waals surface area contributed by atoms with Crippen molar-refractivity contribution in [2.75, 3.05) is 19.7 Å². The van der Waals surface area contributed by atoms with Crippen molar-refractivity contribution in [2.24, 2.45) is 5.92 Å². The molecule has 7 nitrogen and oxygen atoms in total. The second-order valence-corrected chi connectivity index (χ2v) is 9.64. The van der Waals surface area contributed by atoms with Crippen molar-refractivity contribution >= 4 is 17.7 Å². The maximum atomic E-state index is 13.2. The molecule has 2 aliphatic rings.